The molecule has 0 radical (unpaired) electrons. The Morgan fingerprint density at radius 2 is 1.78 bits per heavy atom. The second-order valence-corrected chi connectivity index (χ2v) is 8.55. The topological polar surface area (TPSA) is 73.7 Å². The number of carbonyl (C=O) groups is 1. The fourth-order valence-electron chi connectivity index (χ4n) is 4.28. The van der Waals surface area contributed by atoms with Crippen molar-refractivity contribution < 1.29 is 14.3 Å². The summed E-state index contributed by atoms with van der Waals surface area (Å²) in [6, 6.07) is 21.7. The molecule has 186 valence electrons. The van der Waals surface area contributed by atoms with Crippen molar-refractivity contribution in [2.45, 2.75) is 26.3 Å². The number of hydrogen-bond donors (Lipinski definition) is 0. The van der Waals surface area contributed by atoms with E-state index in [1.165, 1.54) is 5.56 Å². The summed E-state index contributed by atoms with van der Waals surface area (Å²) in [5.41, 5.74) is 2.78. The molecular weight excluding hydrogens is 454 g/mol. The van der Waals surface area contributed by atoms with Crippen LogP contribution in [-0.2, 0) is 11.2 Å². The molecule has 36 heavy (non-hydrogen) atoms. The number of fused-ring (bicyclic) bond motifs is 1. The van der Waals surface area contributed by atoms with Crippen molar-refractivity contribution in [1.82, 2.24) is 14.5 Å². The molecule has 0 saturated carbocycles. The van der Waals surface area contributed by atoms with Gasteiger partial charge >= 0.3 is 0 Å². The normalized spacial score (nSPS) is 11.9. The van der Waals surface area contributed by atoms with Crippen LogP contribution in [0.3, 0.4) is 0 Å². The lowest BCUT2D eigenvalue weighted by atomic mass is 10.1. The van der Waals surface area contributed by atoms with Crippen molar-refractivity contribution in [1.29, 1.82) is 0 Å². The molecule has 1 amide bonds. The zero-order chi connectivity index (χ0) is 25.7. The molecule has 1 heterocycles. The third kappa shape index (κ3) is 5.02. The van der Waals surface area contributed by atoms with E-state index >= 15 is 0 Å². The first-order valence-electron chi connectivity index (χ1n) is 12.0. The number of benzene rings is 3. The van der Waals surface area contributed by atoms with Crippen molar-refractivity contribution in [2.75, 3.05) is 27.4 Å². The highest BCUT2D eigenvalue weighted by Crippen LogP contribution is 2.25. The Balaban J connectivity index is 1.88. The summed E-state index contributed by atoms with van der Waals surface area (Å²) >= 11 is 0. The van der Waals surface area contributed by atoms with E-state index in [1.54, 1.807) is 54.0 Å². The number of aryl methyl sites for hydroxylation is 1. The molecule has 0 bridgehead atoms. The smallest absolute Gasteiger partial charge is 0.266 e. The Labute approximate surface area is 210 Å². The Morgan fingerprint density at radius 3 is 2.47 bits per heavy atom. The number of nitrogens with zero attached hydrogens (tertiary/aromatic N) is 3. The Hall–Kier alpha value is -3.97. The molecular formula is C29H31N3O4. The molecule has 0 fully saturated rings. The van der Waals surface area contributed by atoms with Crippen molar-refractivity contribution in [3.8, 4) is 11.4 Å². The maximum Gasteiger partial charge on any atom is 0.266 e. The van der Waals surface area contributed by atoms with Gasteiger partial charge in [-0.15, -0.1) is 0 Å². The van der Waals surface area contributed by atoms with Gasteiger partial charge in [-0.05, 0) is 61.4 Å². The molecule has 7 heteroatoms. The summed E-state index contributed by atoms with van der Waals surface area (Å²) in [7, 11) is 3.16. The Bertz CT molecular complexity index is 1410. The van der Waals surface area contributed by atoms with Crippen LogP contribution in [0, 0.1) is 0 Å². The van der Waals surface area contributed by atoms with Gasteiger partial charge in [0.15, 0.2) is 0 Å². The number of methoxy groups -OCH3 is 2. The number of carbonyl (C=O) groups excluding carboxylic acids is 1. The van der Waals surface area contributed by atoms with Crippen molar-refractivity contribution in [2.24, 2.45) is 0 Å². The Morgan fingerprint density at radius 1 is 1.03 bits per heavy atom. The van der Waals surface area contributed by atoms with Crippen LogP contribution in [0.25, 0.3) is 16.6 Å². The van der Waals surface area contributed by atoms with Gasteiger partial charge < -0.3 is 14.4 Å². The number of amides is 1. The number of ether oxygens (including phenoxy) is 2. The molecule has 3 aromatic carbocycles. The fraction of sp³-hybridized carbons (Fsp3) is 0.276. The third-order valence-corrected chi connectivity index (χ3v) is 6.36. The van der Waals surface area contributed by atoms with Gasteiger partial charge in [-0.2, -0.15) is 0 Å². The highest BCUT2D eigenvalue weighted by atomic mass is 16.5. The van der Waals surface area contributed by atoms with Gasteiger partial charge in [-0.25, -0.2) is 4.98 Å². The first-order chi connectivity index (χ1) is 17.5. The van der Waals surface area contributed by atoms with Gasteiger partial charge in [-0.1, -0.05) is 37.3 Å². The maximum absolute atomic E-state index is 13.7. The summed E-state index contributed by atoms with van der Waals surface area (Å²) in [6.45, 7) is 4.64. The SMILES string of the molecule is CCc1ccc(-n2c(C(C)N(CCOC)C(=O)c3cccc(OC)c3)nc3ccccc3c2=O)cc1. The highest BCUT2D eigenvalue weighted by molar-refractivity contribution is 5.95. The van der Waals surface area contributed by atoms with E-state index in [0.29, 0.717) is 46.9 Å². The highest BCUT2D eigenvalue weighted by Gasteiger charge is 2.27. The van der Waals surface area contributed by atoms with Crippen LogP contribution in [0.4, 0.5) is 0 Å². The van der Waals surface area contributed by atoms with Crippen LogP contribution in [0.15, 0.2) is 77.6 Å². The van der Waals surface area contributed by atoms with Gasteiger partial charge in [0.25, 0.3) is 11.5 Å². The monoisotopic (exact) mass is 485 g/mol. The van der Waals surface area contributed by atoms with E-state index in [2.05, 4.69) is 6.92 Å². The standard InChI is InChI=1S/C29H31N3O4/c1-5-21-13-15-23(16-14-21)32-27(30-26-12-7-6-11-25(26)29(32)34)20(2)31(17-18-35-3)28(33)22-9-8-10-24(19-22)36-4/h6-16,19-20H,5,17-18H2,1-4H3. The van der Waals surface area contributed by atoms with E-state index in [4.69, 9.17) is 14.5 Å². The molecule has 1 atom stereocenters. The number of para-hydroxylation sites is 1. The molecule has 7 nitrogen and oxygen atoms in total. The average Bonchev–Trinajstić information content (AvgIpc) is 2.93. The lowest BCUT2D eigenvalue weighted by Gasteiger charge is -2.30. The van der Waals surface area contributed by atoms with Gasteiger partial charge in [-0.3, -0.25) is 14.2 Å². The lowest BCUT2D eigenvalue weighted by Crippen LogP contribution is -2.39. The zero-order valence-electron chi connectivity index (χ0n) is 21.1. The van der Waals surface area contributed by atoms with Crippen molar-refractivity contribution in [3.63, 3.8) is 0 Å². The van der Waals surface area contributed by atoms with E-state index in [-0.39, 0.29) is 11.5 Å². The summed E-state index contributed by atoms with van der Waals surface area (Å²) < 4.78 is 12.2. The first-order valence-corrected chi connectivity index (χ1v) is 12.0. The second-order valence-electron chi connectivity index (χ2n) is 8.55. The quantitative estimate of drug-likeness (QED) is 0.340. The van der Waals surface area contributed by atoms with E-state index in [9.17, 15) is 9.59 Å². The molecule has 4 rings (SSSR count). The van der Waals surface area contributed by atoms with Crippen LogP contribution in [0.2, 0.25) is 0 Å². The molecule has 0 saturated heterocycles. The lowest BCUT2D eigenvalue weighted by molar-refractivity contribution is 0.0605. The zero-order valence-corrected chi connectivity index (χ0v) is 21.1. The van der Waals surface area contributed by atoms with Crippen LogP contribution < -0.4 is 10.3 Å². The number of rotatable bonds is 9. The molecule has 1 unspecified atom stereocenters. The van der Waals surface area contributed by atoms with Gasteiger partial charge in [0.2, 0.25) is 0 Å². The van der Waals surface area contributed by atoms with Gasteiger partial charge in [0.05, 0.1) is 36.3 Å². The van der Waals surface area contributed by atoms with Crippen molar-refractivity contribution >= 4 is 16.8 Å². The number of aromatic nitrogens is 2. The predicted octanol–water partition coefficient (Wildman–Crippen LogP) is 4.81. The predicted molar refractivity (Wildman–Crippen MR) is 141 cm³/mol. The minimum atomic E-state index is -0.526. The van der Waals surface area contributed by atoms with Gasteiger partial charge in [0.1, 0.15) is 11.6 Å². The van der Waals surface area contributed by atoms with E-state index in [0.717, 1.165) is 6.42 Å². The fourth-order valence-corrected chi connectivity index (χ4v) is 4.28. The van der Waals surface area contributed by atoms with Crippen LogP contribution in [0.1, 0.15) is 41.6 Å². The molecule has 4 aromatic rings. The van der Waals surface area contributed by atoms with E-state index < -0.39 is 6.04 Å². The third-order valence-electron chi connectivity index (χ3n) is 6.36. The minimum absolute atomic E-state index is 0.174. The molecule has 0 aliphatic carbocycles. The Kier molecular flexibility index (Phi) is 7.80. The van der Waals surface area contributed by atoms with E-state index in [1.807, 2.05) is 49.4 Å². The molecule has 0 spiro atoms. The second kappa shape index (κ2) is 11.2. The average molecular weight is 486 g/mol. The molecule has 0 aliphatic heterocycles. The first kappa shape index (κ1) is 25.1. The minimum Gasteiger partial charge on any atom is -0.497 e. The summed E-state index contributed by atoms with van der Waals surface area (Å²) in [5, 5.41) is 0.524. The molecule has 1 aromatic heterocycles. The van der Waals surface area contributed by atoms with Crippen LogP contribution in [-0.4, -0.2) is 47.7 Å². The largest absolute Gasteiger partial charge is 0.497 e. The number of hydrogen-bond acceptors (Lipinski definition) is 5. The molecule has 0 aliphatic rings. The van der Waals surface area contributed by atoms with Crippen molar-refractivity contribution in [3.05, 3.63) is 100 Å². The van der Waals surface area contributed by atoms with Crippen LogP contribution >= 0.6 is 0 Å². The maximum atomic E-state index is 13.7. The summed E-state index contributed by atoms with van der Waals surface area (Å²) in [5.74, 6) is 0.876. The van der Waals surface area contributed by atoms with Gasteiger partial charge in [0, 0.05) is 19.2 Å². The van der Waals surface area contributed by atoms with Crippen LogP contribution in [0.5, 0.6) is 5.75 Å². The molecule has 0 N–H and O–H groups in total. The summed E-state index contributed by atoms with van der Waals surface area (Å²) in [6.07, 6.45) is 0.897. The summed E-state index contributed by atoms with van der Waals surface area (Å²) in [4.78, 5) is 34.0.